The molecule has 3 rings (SSSR count). The predicted molar refractivity (Wildman–Crippen MR) is 108 cm³/mol. The number of thiazole rings is 1. The van der Waals surface area contributed by atoms with Gasteiger partial charge in [0.25, 0.3) is 0 Å². The van der Waals surface area contributed by atoms with E-state index < -0.39 is 12.1 Å². The number of carbonyl (C=O) groups excluding carboxylic acids is 1. The van der Waals surface area contributed by atoms with E-state index in [1.54, 1.807) is 6.92 Å². The minimum absolute atomic E-state index is 0.121. The Labute approximate surface area is 167 Å². The first-order valence-corrected chi connectivity index (χ1v) is 9.59. The molecule has 1 amide bonds. The molecule has 0 aliphatic rings. The summed E-state index contributed by atoms with van der Waals surface area (Å²) in [6.07, 6.45) is 0.0490. The monoisotopic (exact) mass is 396 g/mol. The normalized spacial score (nSPS) is 10.5. The fourth-order valence-corrected chi connectivity index (χ4v) is 3.57. The Hall–Kier alpha value is -3.19. The third-order valence-electron chi connectivity index (χ3n) is 4.10. The van der Waals surface area contributed by atoms with Crippen molar-refractivity contribution in [3.63, 3.8) is 0 Å². The molecular weight excluding hydrogens is 376 g/mol. The number of amides is 1. The van der Waals surface area contributed by atoms with E-state index in [9.17, 15) is 14.7 Å². The van der Waals surface area contributed by atoms with Gasteiger partial charge in [0.1, 0.15) is 11.5 Å². The molecule has 0 spiro atoms. The summed E-state index contributed by atoms with van der Waals surface area (Å²) < 4.78 is 5.45. The maximum atomic E-state index is 12.8. The van der Waals surface area contributed by atoms with Crippen molar-refractivity contribution in [1.82, 2.24) is 4.98 Å². The molecule has 3 aromatic rings. The number of hydrogen-bond donors (Lipinski definition) is 1. The number of aromatic nitrogens is 1. The van der Waals surface area contributed by atoms with Crippen LogP contribution in [0.15, 0.2) is 60.7 Å². The van der Waals surface area contributed by atoms with Crippen molar-refractivity contribution in [1.29, 1.82) is 0 Å². The lowest BCUT2D eigenvalue weighted by molar-refractivity contribution is 0.0701. The molecule has 1 aromatic heterocycles. The van der Waals surface area contributed by atoms with Crippen LogP contribution in [0.3, 0.4) is 0 Å². The van der Waals surface area contributed by atoms with E-state index >= 15 is 0 Å². The molecule has 2 aromatic carbocycles. The van der Waals surface area contributed by atoms with E-state index in [0.29, 0.717) is 23.8 Å². The van der Waals surface area contributed by atoms with Crippen molar-refractivity contribution in [2.45, 2.75) is 20.0 Å². The number of benzene rings is 2. The second-order valence-electron chi connectivity index (χ2n) is 6.14. The predicted octanol–water partition coefficient (Wildman–Crippen LogP) is 4.54. The largest absolute Gasteiger partial charge is 0.477 e. The summed E-state index contributed by atoms with van der Waals surface area (Å²) in [5.41, 5.74) is 2.32. The van der Waals surface area contributed by atoms with Gasteiger partial charge in [-0.05, 0) is 24.5 Å². The molecule has 0 atom stereocenters. The number of aryl methyl sites for hydroxylation is 1. The number of hydrogen-bond acceptors (Lipinski definition) is 5. The molecule has 1 N–H and O–H groups in total. The molecule has 0 saturated carbocycles. The molecule has 0 bridgehead atoms. The Balaban J connectivity index is 1.77. The van der Waals surface area contributed by atoms with E-state index in [-0.39, 0.29) is 11.5 Å². The number of nitrogens with zero attached hydrogens (tertiary/aromatic N) is 2. The lowest BCUT2D eigenvalue weighted by atomic mass is 10.1. The number of carboxylic acids is 1. The van der Waals surface area contributed by atoms with Crippen molar-refractivity contribution in [3.05, 3.63) is 82.4 Å². The van der Waals surface area contributed by atoms with Crippen molar-refractivity contribution < 1.29 is 19.4 Å². The number of ether oxygens (including phenoxy) is 1. The van der Waals surface area contributed by atoms with E-state index in [1.807, 2.05) is 60.7 Å². The first kappa shape index (κ1) is 19.6. The van der Waals surface area contributed by atoms with Crippen molar-refractivity contribution in [3.8, 4) is 0 Å². The van der Waals surface area contributed by atoms with Gasteiger partial charge in [-0.3, -0.25) is 4.90 Å². The van der Waals surface area contributed by atoms with Crippen LogP contribution in [0.25, 0.3) is 0 Å². The van der Waals surface area contributed by atoms with Crippen LogP contribution in [0.1, 0.15) is 26.5 Å². The molecule has 0 aliphatic carbocycles. The molecule has 1 heterocycles. The van der Waals surface area contributed by atoms with Gasteiger partial charge >= 0.3 is 12.1 Å². The highest BCUT2D eigenvalue weighted by Gasteiger charge is 2.24. The van der Waals surface area contributed by atoms with Gasteiger partial charge in [0.05, 0.1) is 5.69 Å². The number of rotatable bonds is 7. The number of anilines is 1. The smallest absolute Gasteiger partial charge is 0.416 e. The molecule has 28 heavy (non-hydrogen) atoms. The quantitative estimate of drug-likeness (QED) is 0.634. The lowest BCUT2D eigenvalue weighted by Crippen LogP contribution is -2.33. The van der Waals surface area contributed by atoms with Gasteiger partial charge in [-0.1, -0.05) is 72.0 Å². The zero-order valence-corrected chi connectivity index (χ0v) is 16.2. The Morgan fingerprint density at radius 2 is 1.64 bits per heavy atom. The summed E-state index contributed by atoms with van der Waals surface area (Å²) in [5, 5.41) is 9.62. The molecule has 0 fully saturated rings. The van der Waals surface area contributed by atoms with Gasteiger partial charge in [-0.2, -0.15) is 0 Å². The van der Waals surface area contributed by atoms with Crippen LogP contribution < -0.4 is 4.90 Å². The minimum atomic E-state index is -1.05. The van der Waals surface area contributed by atoms with Crippen molar-refractivity contribution in [2.24, 2.45) is 0 Å². The van der Waals surface area contributed by atoms with Crippen LogP contribution in [0.5, 0.6) is 0 Å². The standard InChI is InChI=1S/C21H20N2O4S/c1-15-18(19(24)25)28-20(22-15)23(13-12-16-8-4-2-5-9-16)21(26)27-14-17-10-6-3-7-11-17/h2-11H,12-14H2,1H3,(H,24,25). The van der Waals surface area contributed by atoms with Crippen LogP contribution in [0.2, 0.25) is 0 Å². The summed E-state index contributed by atoms with van der Waals surface area (Å²) in [7, 11) is 0. The van der Waals surface area contributed by atoms with Gasteiger partial charge in [0, 0.05) is 6.54 Å². The van der Waals surface area contributed by atoms with E-state index in [4.69, 9.17) is 4.74 Å². The SMILES string of the molecule is Cc1nc(N(CCc2ccccc2)C(=O)OCc2ccccc2)sc1C(=O)O. The number of carboxylic acid groups (broad SMARTS) is 1. The van der Waals surface area contributed by atoms with E-state index in [1.165, 1.54) is 4.90 Å². The Morgan fingerprint density at radius 1 is 1.04 bits per heavy atom. The molecule has 144 valence electrons. The molecule has 0 aliphatic heterocycles. The minimum Gasteiger partial charge on any atom is -0.477 e. The van der Waals surface area contributed by atoms with E-state index in [2.05, 4.69) is 4.98 Å². The average Bonchev–Trinajstić information content (AvgIpc) is 3.10. The summed E-state index contributed by atoms with van der Waals surface area (Å²) in [6.45, 7) is 2.09. The van der Waals surface area contributed by atoms with Crippen LogP contribution in [-0.2, 0) is 17.8 Å². The third-order valence-corrected chi connectivity index (χ3v) is 5.27. The fraction of sp³-hybridized carbons (Fsp3) is 0.190. The summed E-state index contributed by atoms with van der Waals surface area (Å²) in [6, 6.07) is 19.1. The lowest BCUT2D eigenvalue weighted by Gasteiger charge is -2.19. The van der Waals surface area contributed by atoms with E-state index in [0.717, 1.165) is 22.5 Å². The maximum absolute atomic E-state index is 12.8. The van der Waals surface area contributed by atoms with Gasteiger partial charge in [0.15, 0.2) is 5.13 Å². The van der Waals surface area contributed by atoms with Gasteiger partial charge < -0.3 is 9.84 Å². The van der Waals surface area contributed by atoms with Crippen LogP contribution in [0, 0.1) is 6.92 Å². The van der Waals surface area contributed by atoms with Crippen LogP contribution >= 0.6 is 11.3 Å². The summed E-state index contributed by atoms with van der Waals surface area (Å²) in [5.74, 6) is -1.05. The van der Waals surface area contributed by atoms with Gasteiger partial charge in [-0.15, -0.1) is 0 Å². The first-order chi connectivity index (χ1) is 13.5. The highest BCUT2D eigenvalue weighted by molar-refractivity contribution is 7.17. The zero-order chi connectivity index (χ0) is 19.9. The van der Waals surface area contributed by atoms with Crippen molar-refractivity contribution in [2.75, 3.05) is 11.4 Å². The second kappa shape index (κ2) is 9.14. The van der Waals surface area contributed by atoms with Crippen LogP contribution in [0.4, 0.5) is 9.93 Å². The molecule has 0 unspecified atom stereocenters. The van der Waals surface area contributed by atoms with Crippen LogP contribution in [-0.4, -0.2) is 28.7 Å². The van der Waals surface area contributed by atoms with Crippen molar-refractivity contribution >= 4 is 28.5 Å². The Bertz CT molecular complexity index is 942. The second-order valence-corrected chi connectivity index (χ2v) is 7.12. The third kappa shape index (κ3) is 4.95. The molecule has 0 radical (unpaired) electrons. The number of carbonyl (C=O) groups is 2. The fourth-order valence-electron chi connectivity index (χ4n) is 2.64. The summed E-state index contributed by atoms with van der Waals surface area (Å²) in [4.78, 5) is 29.9. The Morgan fingerprint density at radius 3 is 2.21 bits per heavy atom. The molecular formula is C21H20N2O4S. The maximum Gasteiger partial charge on any atom is 0.416 e. The first-order valence-electron chi connectivity index (χ1n) is 8.77. The highest BCUT2D eigenvalue weighted by Crippen LogP contribution is 2.27. The topological polar surface area (TPSA) is 79.7 Å². The summed E-state index contributed by atoms with van der Waals surface area (Å²) >= 11 is 0.975. The molecule has 6 nitrogen and oxygen atoms in total. The molecule has 7 heteroatoms. The number of aromatic carboxylic acids is 1. The highest BCUT2D eigenvalue weighted by atomic mass is 32.1. The average molecular weight is 396 g/mol. The molecule has 0 saturated heterocycles. The van der Waals surface area contributed by atoms with Gasteiger partial charge in [0.2, 0.25) is 0 Å². The Kier molecular flexibility index (Phi) is 6.39. The zero-order valence-electron chi connectivity index (χ0n) is 15.4. The van der Waals surface area contributed by atoms with Gasteiger partial charge in [-0.25, -0.2) is 14.6 Å².